The van der Waals surface area contributed by atoms with E-state index < -0.39 is 0 Å². The molecule has 0 bridgehead atoms. The first kappa shape index (κ1) is 14.9. The van der Waals surface area contributed by atoms with Crippen LogP contribution in [0.3, 0.4) is 0 Å². The lowest BCUT2D eigenvalue weighted by Crippen LogP contribution is -2.28. The number of benzene rings is 2. The monoisotopic (exact) mass is 437 g/mol. The van der Waals surface area contributed by atoms with Gasteiger partial charge >= 0.3 is 0 Å². The molecule has 1 aliphatic rings. The van der Waals surface area contributed by atoms with Crippen LogP contribution in [-0.2, 0) is 0 Å². The first-order chi connectivity index (χ1) is 11.2. The molecule has 5 nitrogen and oxygen atoms in total. The second-order valence-corrected chi connectivity index (χ2v) is 7.12. The van der Waals surface area contributed by atoms with Crippen molar-refractivity contribution in [3.8, 4) is 0 Å². The molecule has 0 aliphatic carbocycles. The summed E-state index contributed by atoms with van der Waals surface area (Å²) in [5.74, 6) is 0.671. The molecule has 3 aromatic rings. The van der Waals surface area contributed by atoms with Crippen molar-refractivity contribution < 1.29 is 0 Å². The van der Waals surface area contributed by atoms with Crippen molar-refractivity contribution in [3.63, 3.8) is 0 Å². The van der Waals surface area contributed by atoms with E-state index >= 15 is 0 Å². The Hall–Kier alpha value is -1.67. The lowest BCUT2D eigenvalue weighted by atomic mass is 9.93. The van der Waals surface area contributed by atoms with Crippen LogP contribution >= 0.6 is 34.2 Å². The molecule has 2 atom stereocenters. The van der Waals surface area contributed by atoms with Crippen LogP contribution in [0.5, 0.6) is 0 Å². The molecule has 0 radical (unpaired) electrons. The van der Waals surface area contributed by atoms with E-state index in [0.717, 1.165) is 17.0 Å². The second-order valence-electron chi connectivity index (χ2n) is 5.47. The highest BCUT2D eigenvalue weighted by atomic mass is 127. The summed E-state index contributed by atoms with van der Waals surface area (Å²) in [5, 5.41) is 16.2. The Kier molecular flexibility index (Phi) is 3.94. The largest absolute Gasteiger partial charge is 0.346 e. The van der Waals surface area contributed by atoms with Gasteiger partial charge in [0, 0.05) is 8.59 Å². The Bertz CT molecular complexity index is 832. The highest BCUT2D eigenvalue weighted by molar-refractivity contribution is 14.1. The quantitative estimate of drug-likeness (QED) is 0.614. The molecule has 0 spiro atoms. The van der Waals surface area contributed by atoms with Crippen LogP contribution in [0.25, 0.3) is 0 Å². The van der Waals surface area contributed by atoms with Crippen molar-refractivity contribution in [2.24, 2.45) is 0 Å². The van der Waals surface area contributed by atoms with Crippen molar-refractivity contribution in [2.45, 2.75) is 18.5 Å². The molecule has 0 fully saturated rings. The molecule has 1 N–H and O–H groups in total. The topological polar surface area (TPSA) is 55.6 Å². The molecule has 0 saturated heterocycles. The Morgan fingerprint density at radius 2 is 1.91 bits per heavy atom. The fraction of sp³-hybridized carbons (Fsp3) is 0.188. The number of tetrazole rings is 1. The Labute approximate surface area is 152 Å². The minimum Gasteiger partial charge on any atom is -0.346 e. The van der Waals surface area contributed by atoms with Crippen molar-refractivity contribution in [1.82, 2.24) is 20.2 Å². The molecule has 1 aliphatic heterocycles. The van der Waals surface area contributed by atoms with Crippen LogP contribution in [0.4, 0.5) is 5.95 Å². The summed E-state index contributed by atoms with van der Waals surface area (Å²) in [5.41, 5.74) is 2.26. The minimum absolute atomic E-state index is 0.0132. The molecule has 4 rings (SSSR count). The number of halogens is 2. The van der Waals surface area contributed by atoms with E-state index in [0.29, 0.717) is 5.95 Å². The normalized spacial score (nSPS) is 19.9. The molecule has 116 valence electrons. The maximum atomic E-state index is 6.40. The van der Waals surface area contributed by atoms with E-state index in [2.05, 4.69) is 67.7 Å². The van der Waals surface area contributed by atoms with Crippen LogP contribution < -0.4 is 5.32 Å². The van der Waals surface area contributed by atoms with Gasteiger partial charge in [0.2, 0.25) is 5.95 Å². The third kappa shape index (κ3) is 2.81. The summed E-state index contributed by atoms with van der Waals surface area (Å²) in [6.07, 6.45) is 0.836. The third-order valence-electron chi connectivity index (χ3n) is 4.09. The average Bonchev–Trinajstić information content (AvgIpc) is 3.04. The SMILES string of the molecule is Clc1ccccc1C1CC(c2ccc(I)cc2)Nc2nnnn21. The zero-order valence-corrected chi connectivity index (χ0v) is 14.9. The van der Waals surface area contributed by atoms with Crippen LogP contribution in [0, 0.1) is 3.57 Å². The van der Waals surface area contributed by atoms with Crippen LogP contribution in [0.15, 0.2) is 48.5 Å². The van der Waals surface area contributed by atoms with E-state index in [9.17, 15) is 0 Å². The van der Waals surface area contributed by atoms with Gasteiger partial charge < -0.3 is 5.32 Å². The van der Waals surface area contributed by atoms with E-state index in [4.69, 9.17) is 11.6 Å². The highest BCUT2D eigenvalue weighted by Crippen LogP contribution is 2.39. The zero-order valence-electron chi connectivity index (χ0n) is 12.0. The second kappa shape index (κ2) is 6.09. The third-order valence-corrected chi connectivity index (χ3v) is 5.15. The van der Waals surface area contributed by atoms with Gasteiger partial charge in [-0.15, -0.1) is 0 Å². The molecule has 7 heteroatoms. The molecule has 0 saturated carbocycles. The maximum Gasteiger partial charge on any atom is 0.243 e. The number of rotatable bonds is 2. The van der Waals surface area contributed by atoms with Crippen LogP contribution in [-0.4, -0.2) is 20.2 Å². The molecule has 0 amide bonds. The van der Waals surface area contributed by atoms with Gasteiger partial charge in [-0.05, 0) is 68.8 Å². The number of nitrogens with zero attached hydrogens (tertiary/aromatic N) is 4. The van der Waals surface area contributed by atoms with E-state index in [1.165, 1.54) is 9.13 Å². The van der Waals surface area contributed by atoms with E-state index in [1.54, 1.807) is 0 Å². The summed E-state index contributed by atoms with van der Waals surface area (Å²) < 4.78 is 3.03. The summed E-state index contributed by atoms with van der Waals surface area (Å²) >= 11 is 8.71. The highest BCUT2D eigenvalue weighted by Gasteiger charge is 2.31. The van der Waals surface area contributed by atoms with Gasteiger partial charge in [0.15, 0.2) is 0 Å². The zero-order chi connectivity index (χ0) is 15.8. The first-order valence-corrected chi connectivity index (χ1v) is 8.72. The number of anilines is 1. The van der Waals surface area contributed by atoms with Gasteiger partial charge in [0.1, 0.15) is 0 Å². The number of aromatic nitrogens is 4. The van der Waals surface area contributed by atoms with E-state index in [-0.39, 0.29) is 12.1 Å². The summed E-state index contributed by atoms with van der Waals surface area (Å²) in [6.45, 7) is 0. The molecular formula is C16H13ClIN5. The van der Waals surface area contributed by atoms with Crippen LogP contribution in [0.2, 0.25) is 5.02 Å². The van der Waals surface area contributed by atoms with Crippen LogP contribution in [0.1, 0.15) is 29.6 Å². The average molecular weight is 438 g/mol. The maximum absolute atomic E-state index is 6.40. The van der Waals surface area contributed by atoms with Gasteiger partial charge in [0.05, 0.1) is 12.1 Å². The molecular weight excluding hydrogens is 425 g/mol. The number of nitrogens with one attached hydrogen (secondary N) is 1. The first-order valence-electron chi connectivity index (χ1n) is 7.26. The van der Waals surface area contributed by atoms with Gasteiger partial charge in [-0.1, -0.05) is 47.0 Å². The molecule has 23 heavy (non-hydrogen) atoms. The number of hydrogen-bond donors (Lipinski definition) is 1. The predicted octanol–water partition coefficient (Wildman–Crippen LogP) is 4.08. The van der Waals surface area contributed by atoms with Crippen molar-refractivity contribution in [2.75, 3.05) is 5.32 Å². The standard InChI is InChI=1S/C16H13ClIN5/c17-13-4-2-1-3-12(13)15-9-14(10-5-7-11(18)8-6-10)19-16-20-21-22-23(15)16/h1-8,14-15H,9H2,(H,19,20,22). The molecule has 2 aromatic carbocycles. The number of fused-ring (bicyclic) bond motifs is 1. The van der Waals surface area contributed by atoms with Gasteiger partial charge in [-0.25, -0.2) is 4.68 Å². The van der Waals surface area contributed by atoms with E-state index in [1.807, 2.05) is 28.9 Å². The van der Waals surface area contributed by atoms with Crippen molar-refractivity contribution >= 4 is 40.1 Å². The van der Waals surface area contributed by atoms with Crippen molar-refractivity contribution in [3.05, 3.63) is 68.3 Å². The molecule has 1 aromatic heterocycles. The minimum atomic E-state index is 0.0132. The fourth-order valence-corrected chi connectivity index (χ4v) is 3.58. The van der Waals surface area contributed by atoms with Gasteiger partial charge in [-0.2, -0.15) is 0 Å². The lowest BCUT2D eigenvalue weighted by molar-refractivity contribution is 0.424. The Balaban J connectivity index is 1.75. The lowest BCUT2D eigenvalue weighted by Gasteiger charge is -2.31. The van der Waals surface area contributed by atoms with Gasteiger partial charge in [0.25, 0.3) is 0 Å². The van der Waals surface area contributed by atoms with Crippen molar-refractivity contribution in [1.29, 1.82) is 0 Å². The summed E-state index contributed by atoms with van der Waals surface area (Å²) in [6, 6.07) is 16.5. The molecule has 2 heterocycles. The summed E-state index contributed by atoms with van der Waals surface area (Å²) in [7, 11) is 0. The number of hydrogen-bond acceptors (Lipinski definition) is 4. The smallest absolute Gasteiger partial charge is 0.243 e. The Morgan fingerprint density at radius 3 is 2.70 bits per heavy atom. The predicted molar refractivity (Wildman–Crippen MR) is 97.5 cm³/mol. The summed E-state index contributed by atoms with van der Waals surface area (Å²) in [4.78, 5) is 0. The molecule has 2 unspecified atom stereocenters. The Morgan fingerprint density at radius 1 is 1.13 bits per heavy atom. The fourth-order valence-electron chi connectivity index (χ4n) is 2.96. The van der Waals surface area contributed by atoms with Gasteiger partial charge in [-0.3, -0.25) is 0 Å².